The van der Waals surface area contributed by atoms with Crippen LogP contribution in [0, 0.1) is 6.92 Å². The number of benzene rings is 1. The molecule has 2 rings (SSSR count). The number of thioether (sulfide) groups is 1. The lowest BCUT2D eigenvalue weighted by Gasteiger charge is -2.13. The van der Waals surface area contributed by atoms with Crippen LogP contribution in [-0.4, -0.2) is 32.4 Å². The van der Waals surface area contributed by atoms with Gasteiger partial charge in [-0.1, -0.05) is 17.3 Å². The molecule has 0 bridgehead atoms. The molecule has 2 N–H and O–H groups in total. The van der Waals surface area contributed by atoms with Crippen molar-refractivity contribution in [2.24, 2.45) is 0 Å². The Bertz CT molecular complexity index is 716. The highest BCUT2D eigenvalue weighted by Crippen LogP contribution is 2.27. The normalized spacial score (nSPS) is 13.3. The molecule has 0 aliphatic rings. The molecule has 1 heterocycles. The Balaban J connectivity index is 2.14. The Morgan fingerprint density at radius 3 is 2.61 bits per heavy atom. The predicted molar refractivity (Wildman–Crippen MR) is 84.3 cm³/mol. The van der Waals surface area contributed by atoms with Crippen molar-refractivity contribution in [2.75, 3.05) is 0 Å². The Kier molecular flexibility index (Phi) is 5.38. The van der Waals surface area contributed by atoms with Crippen molar-refractivity contribution in [3.63, 3.8) is 0 Å². The number of hydrogen-bond acceptors (Lipinski definition) is 6. The summed E-state index contributed by atoms with van der Waals surface area (Å²) in [6.07, 6.45) is 0. The number of carbonyl (C=O) groups is 2. The van der Waals surface area contributed by atoms with Crippen LogP contribution in [0.25, 0.3) is 0 Å². The number of carboxylic acids is 1. The van der Waals surface area contributed by atoms with Crippen LogP contribution in [0.1, 0.15) is 42.0 Å². The molecule has 122 valence electrons. The largest absolute Gasteiger partial charge is 0.480 e. The van der Waals surface area contributed by atoms with Gasteiger partial charge < -0.3 is 14.9 Å². The second kappa shape index (κ2) is 7.28. The van der Waals surface area contributed by atoms with Crippen molar-refractivity contribution >= 4 is 23.6 Å². The summed E-state index contributed by atoms with van der Waals surface area (Å²) in [6.45, 7) is 5.01. The molecule has 0 radical (unpaired) electrons. The fraction of sp³-hybridized carbons (Fsp3) is 0.333. The van der Waals surface area contributed by atoms with Crippen molar-refractivity contribution in [2.45, 2.75) is 37.0 Å². The SMILES string of the molecule is Cc1noc(C(C)NC(=O)c2ccccc2SC(C)C(=O)O)n1. The zero-order chi connectivity index (χ0) is 17.0. The molecule has 0 fully saturated rings. The Labute approximate surface area is 137 Å². The van der Waals surface area contributed by atoms with Crippen LogP contribution in [0.5, 0.6) is 0 Å². The van der Waals surface area contributed by atoms with Crippen LogP contribution in [0.15, 0.2) is 33.7 Å². The molecule has 7 nitrogen and oxygen atoms in total. The molecule has 0 aliphatic heterocycles. The number of aliphatic carboxylic acids is 1. The summed E-state index contributed by atoms with van der Waals surface area (Å²) in [5.74, 6) is -0.443. The van der Waals surface area contributed by atoms with Crippen LogP contribution in [0.3, 0.4) is 0 Å². The van der Waals surface area contributed by atoms with Gasteiger partial charge in [0.1, 0.15) is 11.3 Å². The first-order chi connectivity index (χ1) is 10.9. The zero-order valence-corrected chi connectivity index (χ0v) is 13.8. The van der Waals surface area contributed by atoms with Crippen LogP contribution in [-0.2, 0) is 4.79 Å². The van der Waals surface area contributed by atoms with Gasteiger partial charge in [-0.05, 0) is 32.9 Å². The van der Waals surface area contributed by atoms with E-state index in [-0.39, 0.29) is 5.91 Å². The lowest BCUT2D eigenvalue weighted by atomic mass is 10.2. The van der Waals surface area contributed by atoms with Gasteiger partial charge in [-0.3, -0.25) is 9.59 Å². The number of aryl methyl sites for hydroxylation is 1. The fourth-order valence-corrected chi connectivity index (χ4v) is 2.75. The molecule has 0 saturated carbocycles. The maximum absolute atomic E-state index is 12.4. The van der Waals surface area contributed by atoms with E-state index in [0.29, 0.717) is 22.2 Å². The maximum Gasteiger partial charge on any atom is 0.316 e. The third-order valence-corrected chi connectivity index (χ3v) is 4.21. The van der Waals surface area contributed by atoms with Gasteiger partial charge in [-0.15, -0.1) is 11.8 Å². The topological polar surface area (TPSA) is 105 Å². The van der Waals surface area contributed by atoms with E-state index in [1.807, 2.05) is 0 Å². The smallest absolute Gasteiger partial charge is 0.316 e. The third-order valence-electron chi connectivity index (χ3n) is 3.04. The second-order valence-electron chi connectivity index (χ2n) is 4.97. The molecule has 2 unspecified atom stereocenters. The van der Waals surface area contributed by atoms with E-state index < -0.39 is 17.3 Å². The van der Waals surface area contributed by atoms with Crippen LogP contribution in [0.2, 0.25) is 0 Å². The van der Waals surface area contributed by atoms with Gasteiger partial charge in [0.15, 0.2) is 5.82 Å². The van der Waals surface area contributed by atoms with Gasteiger partial charge in [-0.25, -0.2) is 0 Å². The number of carboxylic acid groups (broad SMARTS) is 1. The maximum atomic E-state index is 12.4. The lowest BCUT2D eigenvalue weighted by Crippen LogP contribution is -2.27. The molecule has 0 aliphatic carbocycles. The zero-order valence-electron chi connectivity index (χ0n) is 12.9. The summed E-state index contributed by atoms with van der Waals surface area (Å²) >= 11 is 1.12. The van der Waals surface area contributed by atoms with Gasteiger partial charge in [0, 0.05) is 4.90 Å². The minimum Gasteiger partial charge on any atom is -0.480 e. The summed E-state index contributed by atoms with van der Waals surface area (Å²) < 4.78 is 5.03. The standard InChI is InChI=1S/C15H17N3O4S/c1-8(14-17-10(3)18-22-14)16-13(19)11-6-4-5-7-12(11)23-9(2)15(20)21/h4-9H,1-3H3,(H,16,19)(H,20,21). The average molecular weight is 335 g/mol. The number of aromatic nitrogens is 2. The van der Waals surface area contributed by atoms with Crippen molar-refractivity contribution < 1.29 is 19.2 Å². The number of carbonyl (C=O) groups excluding carboxylic acids is 1. The highest BCUT2D eigenvalue weighted by Gasteiger charge is 2.21. The minimum atomic E-state index is -0.931. The van der Waals surface area contributed by atoms with Crippen LogP contribution < -0.4 is 5.32 Å². The molecule has 1 aromatic carbocycles. The molecule has 1 amide bonds. The first-order valence-electron chi connectivity index (χ1n) is 6.98. The highest BCUT2D eigenvalue weighted by molar-refractivity contribution is 8.00. The molecular weight excluding hydrogens is 318 g/mol. The van der Waals surface area contributed by atoms with Crippen molar-refractivity contribution in [1.29, 1.82) is 0 Å². The van der Waals surface area contributed by atoms with E-state index in [0.717, 1.165) is 11.8 Å². The molecule has 0 spiro atoms. The van der Waals surface area contributed by atoms with Gasteiger partial charge >= 0.3 is 5.97 Å². The molecule has 0 saturated heterocycles. The monoisotopic (exact) mass is 335 g/mol. The van der Waals surface area contributed by atoms with E-state index in [1.54, 1.807) is 45.0 Å². The first-order valence-corrected chi connectivity index (χ1v) is 7.86. The molecule has 2 atom stereocenters. The van der Waals surface area contributed by atoms with Crippen molar-refractivity contribution in [3.8, 4) is 0 Å². The minimum absolute atomic E-state index is 0.319. The Hall–Kier alpha value is -2.35. The molecule has 8 heteroatoms. The predicted octanol–water partition coefficient (Wildman–Crippen LogP) is 2.43. The van der Waals surface area contributed by atoms with Crippen LogP contribution >= 0.6 is 11.8 Å². The highest BCUT2D eigenvalue weighted by atomic mass is 32.2. The molecular formula is C15H17N3O4S. The summed E-state index contributed by atoms with van der Waals surface area (Å²) in [5.41, 5.74) is 0.411. The fourth-order valence-electron chi connectivity index (χ4n) is 1.82. The van der Waals surface area contributed by atoms with Gasteiger partial charge in [-0.2, -0.15) is 4.98 Å². The quantitative estimate of drug-likeness (QED) is 0.781. The Morgan fingerprint density at radius 2 is 2.00 bits per heavy atom. The summed E-state index contributed by atoms with van der Waals surface area (Å²) in [7, 11) is 0. The average Bonchev–Trinajstić information content (AvgIpc) is 2.94. The number of amides is 1. The summed E-state index contributed by atoms with van der Waals surface area (Å²) in [5, 5.41) is 14.8. The number of hydrogen-bond donors (Lipinski definition) is 2. The van der Waals surface area contributed by atoms with Crippen molar-refractivity contribution in [3.05, 3.63) is 41.5 Å². The molecule has 1 aromatic heterocycles. The summed E-state index contributed by atoms with van der Waals surface area (Å²) in [4.78, 5) is 28.1. The Morgan fingerprint density at radius 1 is 1.30 bits per heavy atom. The van der Waals surface area contributed by atoms with E-state index in [2.05, 4.69) is 15.5 Å². The molecule has 2 aromatic rings. The van der Waals surface area contributed by atoms with Gasteiger partial charge in [0.25, 0.3) is 5.91 Å². The lowest BCUT2D eigenvalue weighted by molar-refractivity contribution is -0.136. The number of nitrogens with one attached hydrogen (secondary N) is 1. The van der Waals surface area contributed by atoms with E-state index in [9.17, 15) is 9.59 Å². The second-order valence-corrected chi connectivity index (χ2v) is 6.35. The van der Waals surface area contributed by atoms with Crippen LogP contribution in [0.4, 0.5) is 0 Å². The molecule has 23 heavy (non-hydrogen) atoms. The van der Waals surface area contributed by atoms with Crippen molar-refractivity contribution in [1.82, 2.24) is 15.5 Å². The summed E-state index contributed by atoms with van der Waals surface area (Å²) in [6, 6.07) is 6.42. The van der Waals surface area contributed by atoms with Gasteiger partial charge in [0.2, 0.25) is 5.89 Å². The van der Waals surface area contributed by atoms with E-state index in [4.69, 9.17) is 9.63 Å². The number of nitrogens with zero attached hydrogens (tertiary/aromatic N) is 2. The van der Waals surface area contributed by atoms with E-state index in [1.165, 1.54) is 0 Å². The van der Waals surface area contributed by atoms with E-state index >= 15 is 0 Å². The third kappa shape index (κ3) is 4.32. The number of rotatable bonds is 6. The van der Waals surface area contributed by atoms with Gasteiger partial charge in [0.05, 0.1) is 5.56 Å². The first kappa shape index (κ1) is 17.0.